The number of thiazole rings is 1. The number of hydrogen-bond acceptors (Lipinski definition) is 5. The van der Waals surface area contributed by atoms with Gasteiger partial charge in [-0.2, -0.15) is 0 Å². The third-order valence-corrected chi connectivity index (χ3v) is 5.27. The highest BCUT2D eigenvalue weighted by Crippen LogP contribution is 2.26. The zero-order valence-corrected chi connectivity index (χ0v) is 13.5. The number of nitrogens with zero attached hydrogens (tertiary/aromatic N) is 2. The topological polar surface area (TPSA) is 72.4 Å². The monoisotopic (exact) mass is 319 g/mol. The van der Waals surface area contributed by atoms with Crippen molar-refractivity contribution in [3.63, 3.8) is 0 Å². The number of piperidine rings is 1. The molecule has 5 nitrogen and oxygen atoms in total. The van der Waals surface area contributed by atoms with Crippen LogP contribution in [0.1, 0.15) is 25.5 Å². The van der Waals surface area contributed by atoms with Gasteiger partial charge in [0.1, 0.15) is 11.3 Å². The summed E-state index contributed by atoms with van der Waals surface area (Å²) in [5.74, 6) is 0.602. The predicted molar refractivity (Wildman–Crippen MR) is 86.5 cm³/mol. The van der Waals surface area contributed by atoms with Crippen molar-refractivity contribution in [3.05, 3.63) is 29.7 Å². The minimum Gasteiger partial charge on any atom is -0.472 e. The fraction of sp³-hybridized carbons (Fsp3) is 0.500. The highest BCUT2D eigenvalue weighted by Gasteiger charge is 2.30. The molecule has 3 rings (SSSR count). The molecule has 22 heavy (non-hydrogen) atoms. The first-order chi connectivity index (χ1) is 10.7. The fourth-order valence-electron chi connectivity index (χ4n) is 3.08. The molecule has 1 saturated heterocycles. The van der Waals surface area contributed by atoms with Crippen molar-refractivity contribution in [2.45, 2.75) is 32.2 Å². The van der Waals surface area contributed by atoms with E-state index in [1.807, 2.05) is 16.3 Å². The summed E-state index contributed by atoms with van der Waals surface area (Å²) in [5.41, 5.74) is 7.64. The zero-order valence-electron chi connectivity index (χ0n) is 12.7. The van der Waals surface area contributed by atoms with E-state index in [1.165, 1.54) is 11.3 Å². The molecule has 3 heterocycles. The van der Waals surface area contributed by atoms with E-state index in [4.69, 9.17) is 10.2 Å². The number of amides is 1. The van der Waals surface area contributed by atoms with Crippen LogP contribution in [0.15, 0.2) is 28.4 Å². The molecule has 1 aliphatic heterocycles. The lowest BCUT2D eigenvalue weighted by Crippen LogP contribution is -2.51. The molecule has 0 spiro atoms. The van der Waals surface area contributed by atoms with Gasteiger partial charge in [0.15, 0.2) is 0 Å². The molecule has 2 N–H and O–H groups in total. The Kier molecular flexibility index (Phi) is 4.59. The second-order valence-electron chi connectivity index (χ2n) is 5.84. The van der Waals surface area contributed by atoms with Crippen LogP contribution < -0.4 is 5.73 Å². The summed E-state index contributed by atoms with van der Waals surface area (Å²) < 4.78 is 5.07. The quantitative estimate of drug-likeness (QED) is 0.940. The Hall–Kier alpha value is -1.66. The minimum atomic E-state index is 0.131. The maximum atomic E-state index is 12.6. The Morgan fingerprint density at radius 3 is 3.18 bits per heavy atom. The third kappa shape index (κ3) is 3.08. The lowest BCUT2D eigenvalue weighted by atomic mass is 9.90. The van der Waals surface area contributed by atoms with Crippen LogP contribution in [0.25, 0.3) is 10.6 Å². The van der Waals surface area contributed by atoms with Crippen LogP contribution in [-0.4, -0.2) is 34.9 Å². The van der Waals surface area contributed by atoms with Crippen molar-refractivity contribution in [3.8, 4) is 10.6 Å². The summed E-state index contributed by atoms with van der Waals surface area (Å²) in [6.07, 6.45) is 5.84. The van der Waals surface area contributed by atoms with Gasteiger partial charge in [0, 0.05) is 30.1 Å². The Morgan fingerprint density at radius 1 is 1.59 bits per heavy atom. The summed E-state index contributed by atoms with van der Waals surface area (Å²) in [6.45, 7) is 3.52. The van der Waals surface area contributed by atoms with Gasteiger partial charge in [0.05, 0.1) is 18.4 Å². The molecule has 1 amide bonds. The van der Waals surface area contributed by atoms with Crippen LogP contribution in [0.5, 0.6) is 0 Å². The second-order valence-corrected chi connectivity index (χ2v) is 6.70. The molecule has 0 radical (unpaired) electrons. The summed E-state index contributed by atoms with van der Waals surface area (Å²) >= 11 is 1.54. The van der Waals surface area contributed by atoms with Gasteiger partial charge in [0.25, 0.3) is 0 Å². The fourth-order valence-corrected chi connectivity index (χ4v) is 3.89. The normalized spacial score (nSPS) is 22.0. The van der Waals surface area contributed by atoms with Crippen LogP contribution >= 0.6 is 11.3 Å². The number of rotatable bonds is 4. The van der Waals surface area contributed by atoms with Crippen LogP contribution in [0.4, 0.5) is 0 Å². The molecule has 0 bridgehead atoms. The number of nitrogens with two attached hydrogens (primary N) is 1. The molecule has 0 aromatic carbocycles. The Morgan fingerprint density at radius 2 is 2.45 bits per heavy atom. The Balaban J connectivity index is 1.69. The summed E-state index contributed by atoms with van der Waals surface area (Å²) in [7, 11) is 0. The third-order valence-electron chi connectivity index (χ3n) is 4.33. The lowest BCUT2D eigenvalue weighted by Gasteiger charge is -2.39. The largest absolute Gasteiger partial charge is 0.472 e. The molecule has 0 saturated carbocycles. The summed E-state index contributed by atoms with van der Waals surface area (Å²) in [5, 5.41) is 2.84. The molecule has 0 unspecified atom stereocenters. The average Bonchev–Trinajstić information content (AvgIpc) is 3.17. The molecule has 1 aliphatic rings. The highest BCUT2D eigenvalue weighted by atomic mass is 32.1. The van der Waals surface area contributed by atoms with Crippen LogP contribution in [0.2, 0.25) is 0 Å². The summed E-state index contributed by atoms with van der Waals surface area (Å²) in [4.78, 5) is 19.1. The number of likely N-dealkylation sites (tertiary alicyclic amines) is 1. The minimum absolute atomic E-state index is 0.131. The van der Waals surface area contributed by atoms with E-state index in [-0.39, 0.29) is 11.9 Å². The zero-order chi connectivity index (χ0) is 15.5. The van der Waals surface area contributed by atoms with E-state index < -0.39 is 0 Å². The molecule has 2 aromatic heterocycles. The highest BCUT2D eigenvalue weighted by molar-refractivity contribution is 7.13. The van der Waals surface area contributed by atoms with Gasteiger partial charge in [-0.25, -0.2) is 4.98 Å². The first-order valence-corrected chi connectivity index (χ1v) is 8.53. The van der Waals surface area contributed by atoms with Crippen molar-refractivity contribution in [2.75, 3.05) is 13.1 Å². The predicted octanol–water partition coefficient (Wildman–Crippen LogP) is 2.53. The SMILES string of the molecule is C[C@@H]1CCCN(C(=O)Cc2csc(-c3ccoc3)n2)[C@H]1CN. The molecular weight excluding hydrogens is 298 g/mol. The first kappa shape index (κ1) is 15.2. The second kappa shape index (κ2) is 6.62. The molecule has 6 heteroatoms. The van der Waals surface area contributed by atoms with E-state index in [1.54, 1.807) is 12.5 Å². The number of carbonyl (C=O) groups excluding carboxylic acids is 1. The molecule has 2 atom stereocenters. The molecule has 118 valence electrons. The van der Waals surface area contributed by atoms with E-state index >= 15 is 0 Å². The van der Waals surface area contributed by atoms with Crippen LogP contribution in [-0.2, 0) is 11.2 Å². The number of furan rings is 1. The van der Waals surface area contributed by atoms with Gasteiger partial charge in [-0.1, -0.05) is 6.92 Å². The van der Waals surface area contributed by atoms with Gasteiger partial charge < -0.3 is 15.1 Å². The van der Waals surface area contributed by atoms with Gasteiger partial charge in [-0.3, -0.25) is 4.79 Å². The smallest absolute Gasteiger partial charge is 0.228 e. The van der Waals surface area contributed by atoms with E-state index in [2.05, 4.69) is 11.9 Å². The van der Waals surface area contributed by atoms with E-state index in [0.29, 0.717) is 18.9 Å². The molecule has 2 aromatic rings. The van der Waals surface area contributed by atoms with E-state index in [0.717, 1.165) is 35.7 Å². The number of hydrogen-bond donors (Lipinski definition) is 1. The standard InChI is InChI=1S/C16H21N3O2S/c1-11-3-2-5-19(14(11)8-17)15(20)7-13-10-22-16(18-13)12-4-6-21-9-12/h4,6,9-11,14H,2-3,5,7-8,17H2,1H3/t11-,14+/m1/s1. The Labute approximate surface area is 134 Å². The van der Waals surface area contributed by atoms with Crippen LogP contribution in [0.3, 0.4) is 0 Å². The number of carbonyl (C=O) groups is 1. The van der Waals surface area contributed by atoms with Crippen molar-refractivity contribution >= 4 is 17.2 Å². The number of aromatic nitrogens is 1. The van der Waals surface area contributed by atoms with Gasteiger partial charge in [0.2, 0.25) is 5.91 Å². The van der Waals surface area contributed by atoms with Crippen molar-refractivity contribution in [1.82, 2.24) is 9.88 Å². The maximum Gasteiger partial charge on any atom is 0.228 e. The van der Waals surface area contributed by atoms with Crippen molar-refractivity contribution in [2.24, 2.45) is 11.7 Å². The van der Waals surface area contributed by atoms with Crippen molar-refractivity contribution in [1.29, 1.82) is 0 Å². The van der Waals surface area contributed by atoms with E-state index in [9.17, 15) is 4.79 Å². The van der Waals surface area contributed by atoms with Crippen molar-refractivity contribution < 1.29 is 9.21 Å². The summed E-state index contributed by atoms with van der Waals surface area (Å²) in [6, 6.07) is 2.04. The van der Waals surface area contributed by atoms with Crippen LogP contribution in [0, 0.1) is 5.92 Å². The lowest BCUT2D eigenvalue weighted by molar-refractivity contribution is -0.135. The molecular formula is C16H21N3O2S. The average molecular weight is 319 g/mol. The van der Waals surface area contributed by atoms with Gasteiger partial charge in [-0.15, -0.1) is 11.3 Å². The molecule has 0 aliphatic carbocycles. The first-order valence-electron chi connectivity index (χ1n) is 7.65. The molecule has 1 fully saturated rings. The van der Waals surface area contributed by atoms with Gasteiger partial charge >= 0.3 is 0 Å². The maximum absolute atomic E-state index is 12.6. The van der Waals surface area contributed by atoms with Gasteiger partial charge in [-0.05, 0) is 24.8 Å². The Bertz CT molecular complexity index is 623.